The van der Waals surface area contributed by atoms with Crippen LogP contribution in [0.2, 0.25) is 0 Å². The molecular formula is C24H33NO2S. The van der Waals surface area contributed by atoms with E-state index in [0.717, 1.165) is 35.9 Å². The van der Waals surface area contributed by atoms with Crippen molar-refractivity contribution in [2.24, 2.45) is 17.3 Å². The van der Waals surface area contributed by atoms with Gasteiger partial charge in [0, 0.05) is 17.5 Å². The maximum Gasteiger partial charge on any atom is 0.348 e. The Morgan fingerprint density at radius 2 is 1.96 bits per heavy atom. The molecule has 2 aliphatic rings. The fourth-order valence-electron chi connectivity index (χ4n) is 4.18. The number of thiophene rings is 1. The van der Waals surface area contributed by atoms with Crippen LogP contribution in [0.4, 0.5) is 0 Å². The molecule has 0 radical (unpaired) electrons. The minimum atomic E-state index is -0.244. The third kappa shape index (κ3) is 5.07. The molecule has 1 aliphatic heterocycles. The van der Waals surface area contributed by atoms with Crippen molar-refractivity contribution in [1.29, 1.82) is 0 Å². The van der Waals surface area contributed by atoms with Crippen LogP contribution < -0.4 is 5.32 Å². The van der Waals surface area contributed by atoms with Gasteiger partial charge in [0.15, 0.2) is 0 Å². The lowest BCUT2D eigenvalue weighted by Gasteiger charge is -2.32. The summed E-state index contributed by atoms with van der Waals surface area (Å²) in [7, 11) is 1.46. The summed E-state index contributed by atoms with van der Waals surface area (Å²) in [6, 6.07) is 2.13. The third-order valence-electron chi connectivity index (χ3n) is 5.75. The molecule has 0 saturated heterocycles. The van der Waals surface area contributed by atoms with Crippen LogP contribution in [-0.2, 0) is 4.74 Å². The summed E-state index contributed by atoms with van der Waals surface area (Å²) in [5.74, 6) is 7.81. The van der Waals surface area contributed by atoms with Gasteiger partial charge >= 0.3 is 5.97 Å². The molecule has 2 heterocycles. The van der Waals surface area contributed by atoms with Crippen molar-refractivity contribution in [2.45, 2.75) is 59.8 Å². The monoisotopic (exact) mass is 399 g/mol. The van der Waals surface area contributed by atoms with Crippen molar-refractivity contribution in [3.8, 4) is 11.8 Å². The maximum atomic E-state index is 12.5. The van der Waals surface area contributed by atoms with Crippen molar-refractivity contribution in [2.75, 3.05) is 20.2 Å². The van der Waals surface area contributed by atoms with Gasteiger partial charge in [-0.25, -0.2) is 4.79 Å². The van der Waals surface area contributed by atoms with Crippen LogP contribution in [-0.4, -0.2) is 26.2 Å². The molecule has 1 saturated carbocycles. The molecule has 152 valence electrons. The lowest BCUT2D eigenvalue weighted by atomic mass is 9.76. The SMILES string of the molecule is COC(=O)c1sc(C#CC(C)(C)C)cc1C1=C(C2CCC(C)CC2)CNCC1. The van der Waals surface area contributed by atoms with E-state index in [9.17, 15) is 4.79 Å². The Morgan fingerprint density at radius 3 is 2.61 bits per heavy atom. The maximum absolute atomic E-state index is 12.5. The Labute approximate surface area is 173 Å². The van der Waals surface area contributed by atoms with E-state index in [4.69, 9.17) is 4.74 Å². The molecule has 0 aromatic carbocycles. The Hall–Kier alpha value is -1.57. The molecule has 4 heteroatoms. The topological polar surface area (TPSA) is 38.3 Å². The average molecular weight is 400 g/mol. The van der Waals surface area contributed by atoms with Gasteiger partial charge in [-0.1, -0.05) is 31.6 Å². The molecule has 3 nitrogen and oxygen atoms in total. The molecule has 1 aromatic rings. The number of hydrogen-bond acceptors (Lipinski definition) is 4. The van der Waals surface area contributed by atoms with Crippen LogP contribution in [0, 0.1) is 29.1 Å². The highest BCUT2D eigenvalue weighted by Gasteiger charge is 2.28. The first kappa shape index (κ1) is 21.1. The lowest BCUT2D eigenvalue weighted by molar-refractivity contribution is 0.0606. The second-order valence-electron chi connectivity index (χ2n) is 9.23. The van der Waals surface area contributed by atoms with E-state index >= 15 is 0 Å². The summed E-state index contributed by atoms with van der Waals surface area (Å²) < 4.78 is 5.11. The highest BCUT2D eigenvalue weighted by Crippen LogP contribution is 2.40. The molecule has 1 aromatic heterocycles. The highest BCUT2D eigenvalue weighted by atomic mass is 32.1. The highest BCUT2D eigenvalue weighted by molar-refractivity contribution is 7.14. The number of esters is 1. The smallest absolute Gasteiger partial charge is 0.348 e. The second-order valence-corrected chi connectivity index (χ2v) is 10.3. The summed E-state index contributed by atoms with van der Waals surface area (Å²) in [6.45, 7) is 10.6. The molecule has 0 spiro atoms. The number of methoxy groups -OCH3 is 1. The van der Waals surface area contributed by atoms with Gasteiger partial charge in [0.2, 0.25) is 0 Å². The molecule has 0 amide bonds. The van der Waals surface area contributed by atoms with E-state index in [-0.39, 0.29) is 11.4 Å². The second kappa shape index (κ2) is 8.84. The number of ether oxygens (including phenoxy) is 1. The molecular weight excluding hydrogens is 366 g/mol. The number of rotatable bonds is 3. The van der Waals surface area contributed by atoms with Gasteiger partial charge in [0.25, 0.3) is 0 Å². The molecule has 1 aliphatic carbocycles. The predicted octanol–water partition coefficient (Wildman–Crippen LogP) is 5.51. The molecule has 0 unspecified atom stereocenters. The van der Waals surface area contributed by atoms with Crippen molar-refractivity contribution in [3.05, 3.63) is 27.0 Å². The van der Waals surface area contributed by atoms with Crippen molar-refractivity contribution < 1.29 is 9.53 Å². The number of carbonyl (C=O) groups excluding carboxylic acids is 1. The van der Waals surface area contributed by atoms with Crippen LogP contribution in [0.15, 0.2) is 11.6 Å². The predicted molar refractivity (Wildman–Crippen MR) is 118 cm³/mol. The molecule has 0 atom stereocenters. The summed E-state index contributed by atoms with van der Waals surface area (Å²) in [6.07, 6.45) is 6.09. The fourth-order valence-corrected chi connectivity index (χ4v) is 5.14. The Kier molecular flexibility index (Phi) is 6.68. The average Bonchev–Trinajstić information content (AvgIpc) is 3.10. The van der Waals surface area contributed by atoms with Crippen molar-refractivity contribution in [3.63, 3.8) is 0 Å². The van der Waals surface area contributed by atoms with E-state index in [1.54, 1.807) is 0 Å². The Morgan fingerprint density at radius 1 is 1.25 bits per heavy atom. The normalized spacial score (nSPS) is 23.2. The molecule has 1 fully saturated rings. The first-order valence-corrected chi connectivity index (χ1v) is 11.3. The Bertz CT molecular complexity index is 808. The van der Waals surface area contributed by atoms with E-state index in [2.05, 4.69) is 50.9 Å². The molecule has 28 heavy (non-hydrogen) atoms. The van der Waals surface area contributed by atoms with Gasteiger partial charge in [-0.2, -0.15) is 0 Å². The standard InChI is InChI=1S/C24H33NO2S/c1-16-6-8-17(9-7-16)21-15-25-13-11-19(21)20-14-18(10-12-24(2,3)4)28-22(20)23(26)27-5/h14,16-17,25H,6-9,11,13,15H2,1-5H3. The van der Waals surface area contributed by atoms with Gasteiger partial charge in [-0.3, -0.25) is 0 Å². The van der Waals surface area contributed by atoms with E-state index in [0.29, 0.717) is 10.8 Å². The quantitative estimate of drug-likeness (QED) is 0.538. The van der Waals surface area contributed by atoms with Crippen LogP contribution in [0.1, 0.15) is 79.9 Å². The number of nitrogens with one attached hydrogen (secondary N) is 1. The van der Waals surface area contributed by atoms with Crippen LogP contribution in [0.3, 0.4) is 0 Å². The zero-order valence-electron chi connectivity index (χ0n) is 17.9. The number of carbonyl (C=O) groups is 1. The summed E-state index contributed by atoms with van der Waals surface area (Å²) in [5.41, 5.74) is 3.87. The van der Waals surface area contributed by atoms with Gasteiger partial charge in [0.1, 0.15) is 4.88 Å². The van der Waals surface area contributed by atoms with Gasteiger partial charge < -0.3 is 10.1 Å². The van der Waals surface area contributed by atoms with Gasteiger partial charge in [0.05, 0.1) is 12.0 Å². The first-order valence-electron chi connectivity index (χ1n) is 10.5. The van der Waals surface area contributed by atoms with Crippen molar-refractivity contribution >= 4 is 22.9 Å². The van der Waals surface area contributed by atoms with E-state index in [1.807, 2.05) is 0 Å². The largest absolute Gasteiger partial charge is 0.465 e. The summed E-state index contributed by atoms with van der Waals surface area (Å²) >= 11 is 1.47. The minimum Gasteiger partial charge on any atom is -0.465 e. The summed E-state index contributed by atoms with van der Waals surface area (Å²) in [5, 5.41) is 3.56. The van der Waals surface area contributed by atoms with Crippen molar-refractivity contribution in [1.82, 2.24) is 5.32 Å². The number of hydrogen-bond donors (Lipinski definition) is 1. The summed E-state index contributed by atoms with van der Waals surface area (Å²) in [4.78, 5) is 14.2. The third-order valence-corrected chi connectivity index (χ3v) is 6.78. The van der Waals surface area contributed by atoms with Crippen LogP contribution in [0.25, 0.3) is 5.57 Å². The molecule has 0 bridgehead atoms. The minimum absolute atomic E-state index is 0.0619. The lowest BCUT2D eigenvalue weighted by Crippen LogP contribution is -2.30. The van der Waals surface area contributed by atoms with Crippen LogP contribution in [0.5, 0.6) is 0 Å². The van der Waals surface area contributed by atoms with Gasteiger partial charge in [-0.05, 0) is 75.6 Å². The van der Waals surface area contributed by atoms with Gasteiger partial charge in [-0.15, -0.1) is 11.3 Å². The van der Waals surface area contributed by atoms with E-state index < -0.39 is 0 Å². The molecule has 1 N–H and O–H groups in total. The van der Waals surface area contributed by atoms with Crippen LogP contribution >= 0.6 is 11.3 Å². The zero-order valence-corrected chi connectivity index (χ0v) is 18.7. The first-order chi connectivity index (χ1) is 13.3. The Balaban J connectivity index is 2.04. The molecule has 3 rings (SSSR count). The fraction of sp³-hybridized carbons (Fsp3) is 0.625. The van der Waals surface area contributed by atoms with E-state index in [1.165, 1.54) is 55.3 Å². The zero-order chi connectivity index (χ0) is 20.3.